The number of benzene rings is 3. The van der Waals surface area contributed by atoms with Crippen LogP contribution in [0.25, 0.3) is 0 Å². The number of hydrogen-bond donors (Lipinski definition) is 1. The van der Waals surface area contributed by atoms with Gasteiger partial charge in [0.05, 0.1) is 5.69 Å². The molecule has 1 amide bonds. The third-order valence-corrected chi connectivity index (χ3v) is 4.23. The first-order valence-corrected chi connectivity index (χ1v) is 8.86. The van der Waals surface area contributed by atoms with Crippen LogP contribution in [0.2, 0.25) is 5.02 Å². The molecule has 3 aromatic rings. The Labute approximate surface area is 163 Å². The molecule has 27 heavy (non-hydrogen) atoms. The molecule has 0 spiro atoms. The number of carbonyl (C=O) groups is 1. The number of ether oxygens (including phenoxy) is 1. The van der Waals surface area contributed by atoms with Crippen molar-refractivity contribution < 1.29 is 9.53 Å². The van der Waals surface area contributed by atoms with Crippen molar-refractivity contribution in [2.45, 2.75) is 6.92 Å². The van der Waals surface area contributed by atoms with Crippen molar-refractivity contribution in [3.8, 4) is 5.75 Å². The van der Waals surface area contributed by atoms with E-state index in [0.29, 0.717) is 10.8 Å². The lowest BCUT2D eigenvalue weighted by atomic mass is 10.2. The largest absolute Gasteiger partial charge is 0.484 e. The topological polar surface area (TPSA) is 50.7 Å². The Balaban J connectivity index is 1.53. The molecule has 5 heteroatoms. The van der Waals surface area contributed by atoms with Crippen LogP contribution in [0, 0.1) is 6.92 Å². The van der Waals surface area contributed by atoms with Crippen molar-refractivity contribution in [2.24, 2.45) is 4.99 Å². The number of para-hydroxylation sites is 1. The smallest absolute Gasteiger partial charge is 0.262 e. The second kappa shape index (κ2) is 9.01. The molecule has 0 aromatic heterocycles. The summed E-state index contributed by atoms with van der Waals surface area (Å²) in [4.78, 5) is 16.3. The summed E-state index contributed by atoms with van der Waals surface area (Å²) in [5, 5.41) is 3.47. The summed E-state index contributed by atoms with van der Waals surface area (Å²) in [6.07, 6.45) is 1.76. The molecule has 0 aliphatic rings. The van der Waals surface area contributed by atoms with Gasteiger partial charge >= 0.3 is 0 Å². The summed E-state index contributed by atoms with van der Waals surface area (Å²) < 4.78 is 5.51. The monoisotopic (exact) mass is 378 g/mol. The first-order chi connectivity index (χ1) is 13.1. The minimum absolute atomic E-state index is 0.0514. The van der Waals surface area contributed by atoms with Crippen molar-refractivity contribution in [1.29, 1.82) is 0 Å². The molecule has 0 aliphatic heterocycles. The van der Waals surface area contributed by atoms with Crippen molar-refractivity contribution in [2.75, 3.05) is 11.9 Å². The summed E-state index contributed by atoms with van der Waals surface area (Å²) in [5.41, 5.74) is 3.48. The fraction of sp³-hybridized carbons (Fsp3) is 0.0909. The highest BCUT2D eigenvalue weighted by Crippen LogP contribution is 2.22. The summed E-state index contributed by atoms with van der Waals surface area (Å²) in [5.74, 6) is 0.414. The third kappa shape index (κ3) is 5.69. The number of anilines is 1. The summed E-state index contributed by atoms with van der Waals surface area (Å²) in [7, 11) is 0. The molecule has 0 atom stereocenters. The number of aryl methyl sites for hydroxylation is 1. The maximum Gasteiger partial charge on any atom is 0.262 e. The molecule has 3 aromatic carbocycles. The zero-order valence-corrected chi connectivity index (χ0v) is 15.6. The number of nitrogens with zero attached hydrogens (tertiary/aromatic N) is 1. The average molecular weight is 379 g/mol. The van der Waals surface area contributed by atoms with Crippen molar-refractivity contribution in [3.63, 3.8) is 0 Å². The molecule has 0 saturated heterocycles. The third-order valence-electron chi connectivity index (χ3n) is 3.83. The van der Waals surface area contributed by atoms with Gasteiger partial charge in [0, 0.05) is 16.9 Å². The lowest BCUT2D eigenvalue weighted by molar-refractivity contribution is -0.118. The van der Waals surface area contributed by atoms with Crippen LogP contribution in [0.1, 0.15) is 11.1 Å². The Morgan fingerprint density at radius 2 is 1.81 bits per heavy atom. The molecule has 0 aliphatic carbocycles. The second-order valence-electron chi connectivity index (χ2n) is 5.96. The van der Waals surface area contributed by atoms with Gasteiger partial charge in [0.1, 0.15) is 5.75 Å². The fourth-order valence-electron chi connectivity index (χ4n) is 2.33. The number of hydrogen-bond acceptors (Lipinski definition) is 3. The van der Waals surface area contributed by atoms with Gasteiger partial charge in [0.25, 0.3) is 5.91 Å². The van der Waals surface area contributed by atoms with Crippen LogP contribution in [-0.4, -0.2) is 18.7 Å². The lowest BCUT2D eigenvalue weighted by Gasteiger charge is -2.07. The molecule has 0 bridgehead atoms. The predicted octanol–water partition coefficient (Wildman–Crippen LogP) is 5.42. The van der Waals surface area contributed by atoms with Gasteiger partial charge in [-0.15, -0.1) is 0 Å². The van der Waals surface area contributed by atoms with Gasteiger partial charge in [-0.25, -0.2) is 0 Å². The first kappa shape index (κ1) is 18.7. The molecule has 0 unspecified atom stereocenters. The zero-order chi connectivity index (χ0) is 19.1. The van der Waals surface area contributed by atoms with Crippen LogP contribution in [0.15, 0.2) is 77.8 Å². The van der Waals surface area contributed by atoms with Crippen molar-refractivity contribution in [3.05, 3.63) is 88.9 Å². The molecule has 0 fully saturated rings. The van der Waals surface area contributed by atoms with E-state index in [9.17, 15) is 4.79 Å². The maximum atomic E-state index is 11.9. The number of rotatable bonds is 6. The molecule has 136 valence electrons. The van der Waals surface area contributed by atoms with Gasteiger partial charge in [-0.1, -0.05) is 35.9 Å². The molecule has 3 rings (SSSR count). The number of halogens is 1. The van der Waals surface area contributed by atoms with E-state index in [-0.39, 0.29) is 12.5 Å². The lowest BCUT2D eigenvalue weighted by Crippen LogP contribution is -2.20. The van der Waals surface area contributed by atoms with E-state index in [1.54, 1.807) is 18.3 Å². The second-order valence-corrected chi connectivity index (χ2v) is 6.37. The van der Waals surface area contributed by atoms with E-state index in [1.165, 1.54) is 0 Å². The average Bonchev–Trinajstić information content (AvgIpc) is 2.69. The van der Waals surface area contributed by atoms with Crippen molar-refractivity contribution >= 4 is 35.1 Å². The summed E-state index contributed by atoms with van der Waals surface area (Å²) >= 11 is 6.10. The van der Waals surface area contributed by atoms with Crippen LogP contribution in [0.4, 0.5) is 11.4 Å². The van der Waals surface area contributed by atoms with E-state index in [2.05, 4.69) is 10.3 Å². The Hall–Kier alpha value is -3.11. The van der Waals surface area contributed by atoms with Crippen LogP contribution >= 0.6 is 11.6 Å². The van der Waals surface area contributed by atoms with Crippen LogP contribution in [-0.2, 0) is 4.79 Å². The quantitative estimate of drug-likeness (QED) is 0.582. The standard InChI is InChI=1S/C22H19ClN2O2/c1-16-7-10-19(13-21(16)23)24-14-17-8-11-20(12-9-17)27-15-22(26)25-18-5-3-2-4-6-18/h2-14H,15H2,1H3,(H,25,26). The normalized spacial score (nSPS) is 10.7. The van der Waals surface area contributed by atoms with Crippen LogP contribution in [0.5, 0.6) is 5.75 Å². The Morgan fingerprint density at radius 3 is 2.52 bits per heavy atom. The highest BCUT2D eigenvalue weighted by atomic mass is 35.5. The van der Waals surface area contributed by atoms with Gasteiger partial charge in [-0.05, 0) is 66.6 Å². The molecule has 1 N–H and O–H groups in total. The molecule has 0 heterocycles. The van der Waals surface area contributed by atoms with Crippen LogP contribution in [0.3, 0.4) is 0 Å². The van der Waals surface area contributed by atoms with E-state index in [4.69, 9.17) is 16.3 Å². The van der Waals surface area contributed by atoms with E-state index < -0.39 is 0 Å². The predicted molar refractivity (Wildman–Crippen MR) is 110 cm³/mol. The minimum Gasteiger partial charge on any atom is -0.484 e. The van der Waals surface area contributed by atoms with Crippen LogP contribution < -0.4 is 10.1 Å². The summed E-state index contributed by atoms with van der Waals surface area (Å²) in [6.45, 7) is 1.90. The molecule has 0 radical (unpaired) electrons. The highest BCUT2D eigenvalue weighted by molar-refractivity contribution is 6.31. The van der Waals surface area contributed by atoms with Gasteiger partial charge < -0.3 is 10.1 Å². The maximum absolute atomic E-state index is 11.9. The number of amides is 1. The van der Waals surface area contributed by atoms with Gasteiger partial charge in [-0.2, -0.15) is 0 Å². The van der Waals surface area contributed by atoms with E-state index >= 15 is 0 Å². The molecule has 0 saturated carbocycles. The molecule has 4 nitrogen and oxygen atoms in total. The molecular weight excluding hydrogens is 360 g/mol. The first-order valence-electron chi connectivity index (χ1n) is 8.48. The van der Waals surface area contributed by atoms with E-state index in [1.807, 2.05) is 67.6 Å². The van der Waals surface area contributed by atoms with Gasteiger partial charge in [0.2, 0.25) is 0 Å². The minimum atomic E-state index is -0.205. The summed E-state index contributed by atoms with van der Waals surface area (Å²) in [6, 6.07) is 22.3. The molecular formula is C22H19ClN2O2. The van der Waals surface area contributed by atoms with Gasteiger partial charge in [-0.3, -0.25) is 9.79 Å². The van der Waals surface area contributed by atoms with E-state index in [0.717, 1.165) is 22.5 Å². The zero-order valence-electron chi connectivity index (χ0n) is 14.9. The van der Waals surface area contributed by atoms with Gasteiger partial charge in [0.15, 0.2) is 6.61 Å². The Kier molecular flexibility index (Phi) is 6.23. The number of carbonyl (C=O) groups excluding carboxylic acids is 1. The number of aliphatic imine (C=N–C) groups is 1. The van der Waals surface area contributed by atoms with Crippen molar-refractivity contribution in [1.82, 2.24) is 0 Å². The highest BCUT2D eigenvalue weighted by Gasteiger charge is 2.03. The SMILES string of the molecule is Cc1ccc(N=Cc2ccc(OCC(=O)Nc3ccccc3)cc2)cc1Cl. The fourth-order valence-corrected chi connectivity index (χ4v) is 2.50. The Morgan fingerprint density at radius 1 is 1.07 bits per heavy atom. The number of nitrogens with one attached hydrogen (secondary N) is 1. The Bertz CT molecular complexity index is 938.